The van der Waals surface area contributed by atoms with Crippen LogP contribution in [0.2, 0.25) is 0 Å². The first-order valence-corrected chi connectivity index (χ1v) is 5.57. The van der Waals surface area contributed by atoms with Crippen LogP contribution < -0.4 is 10.6 Å². The van der Waals surface area contributed by atoms with E-state index < -0.39 is 0 Å². The smallest absolute Gasteiger partial charge is 0.234 e. The Balaban J connectivity index is 2.29. The average molecular weight is 198 g/mol. The van der Waals surface area contributed by atoms with Gasteiger partial charge in [0.15, 0.2) is 0 Å². The van der Waals surface area contributed by atoms with Gasteiger partial charge in [0.25, 0.3) is 0 Å². The molecule has 0 saturated heterocycles. The van der Waals surface area contributed by atoms with Crippen molar-refractivity contribution in [2.45, 2.75) is 39.2 Å². The van der Waals surface area contributed by atoms with Crippen molar-refractivity contribution in [2.24, 2.45) is 11.8 Å². The van der Waals surface area contributed by atoms with Crippen LogP contribution >= 0.6 is 0 Å². The van der Waals surface area contributed by atoms with Gasteiger partial charge >= 0.3 is 0 Å². The summed E-state index contributed by atoms with van der Waals surface area (Å²) in [5, 5.41) is 5.93. The Hall–Kier alpha value is -0.570. The second kappa shape index (κ2) is 5.35. The first-order chi connectivity index (χ1) is 6.63. The maximum atomic E-state index is 11.3. The molecule has 3 unspecified atom stereocenters. The zero-order chi connectivity index (χ0) is 10.6. The third-order valence-corrected chi connectivity index (χ3v) is 3.30. The van der Waals surface area contributed by atoms with E-state index in [0.717, 1.165) is 24.7 Å². The fraction of sp³-hybridized carbons (Fsp3) is 0.909. The molecule has 0 radical (unpaired) electrons. The molecule has 3 atom stereocenters. The highest BCUT2D eigenvalue weighted by Gasteiger charge is 2.25. The highest BCUT2D eigenvalue weighted by Crippen LogP contribution is 2.29. The van der Waals surface area contributed by atoms with Crippen molar-refractivity contribution in [1.29, 1.82) is 0 Å². The van der Waals surface area contributed by atoms with Crippen LogP contribution in [0.5, 0.6) is 0 Å². The normalized spacial score (nSPS) is 32.6. The van der Waals surface area contributed by atoms with Gasteiger partial charge in [-0.15, -0.1) is 0 Å². The van der Waals surface area contributed by atoms with Crippen molar-refractivity contribution in [1.82, 2.24) is 10.6 Å². The summed E-state index contributed by atoms with van der Waals surface area (Å²) in [6, 6.07) is 0.405. The molecule has 1 aliphatic rings. The summed E-state index contributed by atoms with van der Waals surface area (Å²) in [7, 11) is 1.80. The second-order valence-corrected chi connectivity index (χ2v) is 4.56. The molecule has 14 heavy (non-hydrogen) atoms. The van der Waals surface area contributed by atoms with Crippen LogP contribution in [0.3, 0.4) is 0 Å². The number of nitrogens with one attached hydrogen (secondary N) is 2. The summed E-state index contributed by atoms with van der Waals surface area (Å²) >= 11 is 0. The van der Waals surface area contributed by atoms with E-state index in [1.54, 1.807) is 7.05 Å². The molecule has 82 valence electrons. The van der Waals surface area contributed by atoms with Crippen LogP contribution in [0.4, 0.5) is 0 Å². The van der Waals surface area contributed by atoms with Gasteiger partial charge in [-0.3, -0.25) is 4.79 Å². The molecule has 0 aliphatic heterocycles. The Morgan fingerprint density at radius 1 is 1.29 bits per heavy atom. The Bertz CT molecular complexity index is 194. The van der Waals surface area contributed by atoms with Crippen molar-refractivity contribution >= 4 is 5.91 Å². The molecule has 1 rings (SSSR count). The fourth-order valence-electron chi connectivity index (χ4n) is 2.12. The molecule has 1 amide bonds. The minimum atomic E-state index is 0.124. The van der Waals surface area contributed by atoms with Crippen LogP contribution in [0.15, 0.2) is 0 Å². The monoisotopic (exact) mass is 198 g/mol. The van der Waals surface area contributed by atoms with Crippen molar-refractivity contribution in [2.75, 3.05) is 13.6 Å². The van der Waals surface area contributed by atoms with Gasteiger partial charge in [0.2, 0.25) is 5.91 Å². The lowest BCUT2D eigenvalue weighted by molar-refractivity contribution is -0.121. The predicted octanol–water partition coefficient (Wildman–Crippen LogP) is 1.15. The number of hydrogen-bond acceptors (Lipinski definition) is 2. The number of likely N-dealkylation sites (N-methyl/N-ethyl adjacent to an activating group) is 1. The third-order valence-electron chi connectivity index (χ3n) is 3.30. The fourth-order valence-corrected chi connectivity index (χ4v) is 2.12. The largest absolute Gasteiger partial charge is 0.352 e. The standard InChI is InChI=1S/C11H22N2O/c1-8-4-5-10(6-9(8)2)13-11(14)7-12-3/h8-10,12H,4-7H2,1-3H3,(H,13,14). The van der Waals surface area contributed by atoms with Crippen molar-refractivity contribution in [3.8, 4) is 0 Å². The molecule has 0 spiro atoms. The summed E-state index contributed by atoms with van der Waals surface area (Å²) < 4.78 is 0. The Kier molecular flexibility index (Phi) is 4.39. The zero-order valence-corrected chi connectivity index (χ0v) is 9.47. The highest BCUT2D eigenvalue weighted by molar-refractivity contribution is 5.78. The zero-order valence-electron chi connectivity index (χ0n) is 9.47. The van der Waals surface area contributed by atoms with Crippen LogP contribution in [-0.4, -0.2) is 25.5 Å². The lowest BCUT2D eigenvalue weighted by atomic mass is 9.79. The summed E-state index contributed by atoms with van der Waals surface area (Å²) in [4.78, 5) is 11.3. The number of carbonyl (C=O) groups excluding carboxylic acids is 1. The molecule has 3 nitrogen and oxygen atoms in total. The van der Waals surface area contributed by atoms with Crippen LogP contribution in [0.25, 0.3) is 0 Å². The molecular formula is C11H22N2O. The summed E-state index contributed by atoms with van der Waals surface area (Å²) in [5.41, 5.74) is 0. The molecule has 1 saturated carbocycles. The second-order valence-electron chi connectivity index (χ2n) is 4.56. The summed E-state index contributed by atoms with van der Waals surface area (Å²) in [6.07, 6.45) is 3.52. The first kappa shape index (κ1) is 11.5. The summed E-state index contributed by atoms with van der Waals surface area (Å²) in [6.45, 7) is 5.01. The maximum Gasteiger partial charge on any atom is 0.234 e. The van der Waals surface area contributed by atoms with Gasteiger partial charge < -0.3 is 10.6 Å². The molecule has 1 aliphatic carbocycles. The molecule has 2 N–H and O–H groups in total. The Morgan fingerprint density at radius 2 is 2.00 bits per heavy atom. The molecule has 0 aromatic carbocycles. The minimum absolute atomic E-state index is 0.124. The Morgan fingerprint density at radius 3 is 2.57 bits per heavy atom. The maximum absolute atomic E-state index is 11.3. The number of carbonyl (C=O) groups is 1. The summed E-state index contributed by atoms with van der Waals surface area (Å²) in [5.74, 6) is 1.68. The van der Waals surface area contributed by atoms with E-state index in [-0.39, 0.29) is 5.91 Å². The molecule has 3 heteroatoms. The molecule has 0 bridgehead atoms. The topological polar surface area (TPSA) is 41.1 Å². The lowest BCUT2D eigenvalue weighted by Crippen LogP contribution is -2.43. The van der Waals surface area contributed by atoms with Gasteiger partial charge in [0, 0.05) is 6.04 Å². The van der Waals surface area contributed by atoms with E-state index in [4.69, 9.17) is 0 Å². The molecule has 0 aromatic heterocycles. The van der Waals surface area contributed by atoms with Crippen LogP contribution in [-0.2, 0) is 4.79 Å². The van der Waals surface area contributed by atoms with E-state index in [9.17, 15) is 4.79 Å². The minimum Gasteiger partial charge on any atom is -0.352 e. The van der Waals surface area contributed by atoms with Crippen molar-refractivity contribution in [3.05, 3.63) is 0 Å². The first-order valence-electron chi connectivity index (χ1n) is 5.57. The van der Waals surface area contributed by atoms with Crippen LogP contribution in [0, 0.1) is 11.8 Å². The molecule has 0 heterocycles. The van der Waals surface area contributed by atoms with Gasteiger partial charge in [0.1, 0.15) is 0 Å². The van der Waals surface area contributed by atoms with Gasteiger partial charge in [-0.05, 0) is 38.1 Å². The lowest BCUT2D eigenvalue weighted by Gasteiger charge is -2.32. The Labute approximate surface area is 86.6 Å². The quantitative estimate of drug-likeness (QED) is 0.714. The van der Waals surface area contributed by atoms with Crippen molar-refractivity contribution in [3.63, 3.8) is 0 Å². The number of rotatable bonds is 3. The third kappa shape index (κ3) is 3.29. The van der Waals surface area contributed by atoms with Crippen LogP contribution in [0.1, 0.15) is 33.1 Å². The van der Waals surface area contributed by atoms with E-state index in [0.29, 0.717) is 12.6 Å². The van der Waals surface area contributed by atoms with Gasteiger partial charge in [-0.25, -0.2) is 0 Å². The number of amides is 1. The number of hydrogen-bond donors (Lipinski definition) is 2. The SMILES string of the molecule is CNCC(=O)NC1CCC(C)C(C)C1. The van der Waals surface area contributed by atoms with E-state index in [2.05, 4.69) is 24.5 Å². The van der Waals surface area contributed by atoms with E-state index in [1.807, 2.05) is 0 Å². The average Bonchev–Trinajstić information content (AvgIpc) is 2.12. The van der Waals surface area contributed by atoms with Gasteiger partial charge in [-0.2, -0.15) is 0 Å². The van der Waals surface area contributed by atoms with Gasteiger partial charge in [0.05, 0.1) is 6.54 Å². The van der Waals surface area contributed by atoms with Gasteiger partial charge in [-0.1, -0.05) is 13.8 Å². The molecular weight excluding hydrogens is 176 g/mol. The van der Waals surface area contributed by atoms with Crippen molar-refractivity contribution < 1.29 is 4.79 Å². The highest BCUT2D eigenvalue weighted by atomic mass is 16.1. The van der Waals surface area contributed by atoms with E-state index >= 15 is 0 Å². The molecule has 0 aromatic rings. The molecule has 1 fully saturated rings. The van der Waals surface area contributed by atoms with E-state index in [1.165, 1.54) is 6.42 Å². The predicted molar refractivity (Wildman–Crippen MR) is 58.0 cm³/mol.